The second-order valence-electron chi connectivity index (χ2n) is 6.47. The molecule has 2 heterocycles. The number of piperidine rings is 1. The molecule has 1 amide bonds. The Bertz CT molecular complexity index is 719. The number of benzene rings is 1. The zero-order valence-electron chi connectivity index (χ0n) is 14.1. The molecule has 1 aromatic heterocycles. The van der Waals surface area contributed by atoms with Crippen molar-refractivity contribution in [2.75, 3.05) is 24.5 Å². The van der Waals surface area contributed by atoms with Crippen LogP contribution in [0.25, 0.3) is 10.9 Å². The molecule has 24 heavy (non-hydrogen) atoms. The fraction of sp³-hybridized carbons (Fsp3) is 0.474. The molecule has 1 unspecified atom stereocenters. The van der Waals surface area contributed by atoms with Gasteiger partial charge in [0.1, 0.15) is 0 Å². The highest BCUT2D eigenvalue weighted by molar-refractivity contribution is 9.10. The third kappa shape index (κ3) is 3.89. The van der Waals surface area contributed by atoms with Gasteiger partial charge in [-0.3, -0.25) is 9.78 Å². The zero-order valence-corrected chi connectivity index (χ0v) is 15.7. The lowest BCUT2D eigenvalue weighted by atomic mass is 9.97. The van der Waals surface area contributed by atoms with Crippen molar-refractivity contribution in [1.82, 2.24) is 10.3 Å². The molecule has 128 valence electrons. The molecule has 1 aliphatic heterocycles. The molecule has 5 heteroatoms. The van der Waals surface area contributed by atoms with E-state index < -0.39 is 0 Å². The van der Waals surface area contributed by atoms with Gasteiger partial charge in [0.15, 0.2) is 0 Å². The Morgan fingerprint density at radius 3 is 3.12 bits per heavy atom. The van der Waals surface area contributed by atoms with E-state index in [4.69, 9.17) is 0 Å². The Morgan fingerprint density at radius 2 is 2.29 bits per heavy atom. The first kappa shape index (κ1) is 17.2. The van der Waals surface area contributed by atoms with Gasteiger partial charge in [0, 0.05) is 47.8 Å². The highest BCUT2D eigenvalue weighted by Gasteiger charge is 2.22. The molecule has 3 rings (SSSR count). The second kappa shape index (κ2) is 7.97. The zero-order chi connectivity index (χ0) is 16.9. The van der Waals surface area contributed by atoms with Crippen molar-refractivity contribution in [3.8, 4) is 0 Å². The van der Waals surface area contributed by atoms with Gasteiger partial charge >= 0.3 is 0 Å². The van der Waals surface area contributed by atoms with Crippen LogP contribution in [0.2, 0.25) is 0 Å². The predicted octanol–water partition coefficient (Wildman–Crippen LogP) is 4.13. The molecule has 2 aromatic rings. The number of hydrogen-bond donors (Lipinski definition) is 1. The fourth-order valence-corrected chi connectivity index (χ4v) is 3.89. The lowest BCUT2D eigenvalue weighted by molar-refractivity contribution is -0.121. The van der Waals surface area contributed by atoms with Crippen LogP contribution in [-0.2, 0) is 4.79 Å². The highest BCUT2D eigenvalue weighted by Crippen LogP contribution is 2.32. The summed E-state index contributed by atoms with van der Waals surface area (Å²) in [5.41, 5.74) is 2.25. The Labute approximate surface area is 151 Å². The summed E-state index contributed by atoms with van der Waals surface area (Å²) in [7, 11) is 0. The number of pyridine rings is 1. The molecule has 0 bridgehead atoms. The topological polar surface area (TPSA) is 45.2 Å². The third-order valence-electron chi connectivity index (χ3n) is 4.62. The number of nitrogens with zero attached hydrogens (tertiary/aromatic N) is 2. The van der Waals surface area contributed by atoms with Crippen molar-refractivity contribution in [1.29, 1.82) is 0 Å². The minimum atomic E-state index is 0.174. The number of para-hydroxylation sites is 1. The van der Waals surface area contributed by atoms with Crippen molar-refractivity contribution in [2.24, 2.45) is 5.92 Å². The van der Waals surface area contributed by atoms with E-state index in [2.05, 4.69) is 49.3 Å². The molecule has 0 spiro atoms. The summed E-state index contributed by atoms with van der Waals surface area (Å²) in [6, 6.07) is 8.33. The van der Waals surface area contributed by atoms with Gasteiger partial charge in [0.25, 0.3) is 0 Å². The first-order valence-electron chi connectivity index (χ1n) is 8.74. The van der Waals surface area contributed by atoms with Crippen molar-refractivity contribution in [2.45, 2.75) is 32.6 Å². The Kier molecular flexibility index (Phi) is 5.72. The van der Waals surface area contributed by atoms with Gasteiger partial charge in [0.05, 0.1) is 5.52 Å². The third-order valence-corrected chi connectivity index (χ3v) is 5.26. The number of carbonyl (C=O) groups is 1. The van der Waals surface area contributed by atoms with E-state index in [-0.39, 0.29) is 5.91 Å². The van der Waals surface area contributed by atoms with Gasteiger partial charge in [0.2, 0.25) is 5.91 Å². The minimum absolute atomic E-state index is 0.174. The average Bonchev–Trinajstić information content (AvgIpc) is 2.60. The van der Waals surface area contributed by atoms with Gasteiger partial charge < -0.3 is 10.2 Å². The Balaban J connectivity index is 1.73. The first-order valence-corrected chi connectivity index (χ1v) is 9.53. The summed E-state index contributed by atoms with van der Waals surface area (Å²) in [5, 5.41) is 4.27. The maximum Gasteiger partial charge on any atom is 0.219 e. The largest absolute Gasteiger partial charge is 0.371 e. The Hall–Kier alpha value is -1.62. The molecule has 1 fully saturated rings. The SMILES string of the molecule is CCCC(=O)NCC1CCCN(c2ccnc3c(Br)cccc23)C1. The lowest BCUT2D eigenvalue weighted by Gasteiger charge is -2.35. The van der Waals surface area contributed by atoms with Crippen LogP contribution in [0, 0.1) is 5.92 Å². The van der Waals surface area contributed by atoms with E-state index in [9.17, 15) is 4.79 Å². The number of hydrogen-bond acceptors (Lipinski definition) is 3. The fourth-order valence-electron chi connectivity index (χ4n) is 3.43. The molecule has 1 aromatic carbocycles. The summed E-state index contributed by atoms with van der Waals surface area (Å²) < 4.78 is 1.03. The van der Waals surface area contributed by atoms with Crippen molar-refractivity contribution in [3.63, 3.8) is 0 Å². The molecule has 1 aliphatic rings. The number of rotatable bonds is 5. The van der Waals surface area contributed by atoms with E-state index in [1.54, 1.807) is 0 Å². The quantitative estimate of drug-likeness (QED) is 0.835. The van der Waals surface area contributed by atoms with Crippen LogP contribution in [0.3, 0.4) is 0 Å². The number of anilines is 1. The summed E-state index contributed by atoms with van der Waals surface area (Å²) in [6.07, 6.45) is 5.75. The maximum atomic E-state index is 11.7. The van der Waals surface area contributed by atoms with Gasteiger partial charge in [-0.2, -0.15) is 0 Å². The van der Waals surface area contributed by atoms with Crippen molar-refractivity contribution < 1.29 is 4.79 Å². The van der Waals surface area contributed by atoms with Crippen LogP contribution in [0.1, 0.15) is 32.6 Å². The Morgan fingerprint density at radius 1 is 1.42 bits per heavy atom. The second-order valence-corrected chi connectivity index (χ2v) is 7.33. The van der Waals surface area contributed by atoms with Crippen molar-refractivity contribution >= 4 is 38.4 Å². The van der Waals surface area contributed by atoms with Crippen molar-refractivity contribution in [3.05, 3.63) is 34.9 Å². The number of carbonyl (C=O) groups excluding carboxylic acids is 1. The lowest BCUT2D eigenvalue weighted by Crippen LogP contribution is -2.41. The van der Waals surface area contributed by atoms with Gasteiger partial charge in [-0.25, -0.2) is 0 Å². The monoisotopic (exact) mass is 389 g/mol. The molecule has 4 nitrogen and oxygen atoms in total. The normalized spacial score (nSPS) is 17.9. The van der Waals surface area contributed by atoms with E-state index in [0.717, 1.165) is 42.5 Å². The minimum Gasteiger partial charge on any atom is -0.371 e. The van der Waals surface area contributed by atoms with Crippen LogP contribution in [0.4, 0.5) is 5.69 Å². The van der Waals surface area contributed by atoms with E-state index >= 15 is 0 Å². The molecule has 0 aliphatic carbocycles. The summed E-state index contributed by atoms with van der Waals surface area (Å²) in [6.45, 7) is 4.86. The average molecular weight is 390 g/mol. The number of amides is 1. The van der Waals surface area contributed by atoms with Crippen LogP contribution in [0.15, 0.2) is 34.9 Å². The van der Waals surface area contributed by atoms with Crippen LogP contribution >= 0.6 is 15.9 Å². The van der Waals surface area contributed by atoms with E-state index in [1.165, 1.54) is 17.5 Å². The molecular weight excluding hydrogens is 366 g/mol. The van der Waals surface area contributed by atoms with E-state index in [1.807, 2.05) is 19.2 Å². The summed E-state index contributed by atoms with van der Waals surface area (Å²) >= 11 is 3.59. The van der Waals surface area contributed by atoms with Crippen LogP contribution < -0.4 is 10.2 Å². The van der Waals surface area contributed by atoms with E-state index in [0.29, 0.717) is 12.3 Å². The maximum absolute atomic E-state index is 11.7. The summed E-state index contributed by atoms with van der Waals surface area (Å²) in [5.74, 6) is 0.683. The van der Waals surface area contributed by atoms with Gasteiger partial charge in [-0.1, -0.05) is 19.1 Å². The van der Waals surface area contributed by atoms with Gasteiger partial charge in [-0.15, -0.1) is 0 Å². The standard InChI is InChI=1S/C19H24BrN3O/c1-2-5-18(24)22-12-14-6-4-11-23(13-14)17-9-10-21-19-15(17)7-3-8-16(19)20/h3,7-10,14H,2,4-6,11-13H2,1H3,(H,22,24). The van der Waals surface area contributed by atoms with Gasteiger partial charge in [-0.05, 0) is 53.2 Å². The number of nitrogens with one attached hydrogen (secondary N) is 1. The smallest absolute Gasteiger partial charge is 0.219 e. The predicted molar refractivity (Wildman–Crippen MR) is 102 cm³/mol. The molecule has 0 saturated carbocycles. The highest BCUT2D eigenvalue weighted by atomic mass is 79.9. The molecule has 1 N–H and O–H groups in total. The number of halogens is 1. The first-order chi connectivity index (χ1) is 11.7. The molecular formula is C19H24BrN3O. The molecule has 1 saturated heterocycles. The summed E-state index contributed by atoms with van der Waals surface area (Å²) in [4.78, 5) is 18.7. The molecule has 0 radical (unpaired) electrons. The van der Waals surface area contributed by atoms with Crippen LogP contribution in [-0.4, -0.2) is 30.5 Å². The molecule has 1 atom stereocenters. The van der Waals surface area contributed by atoms with Crippen LogP contribution in [0.5, 0.6) is 0 Å². The number of fused-ring (bicyclic) bond motifs is 1. The number of aromatic nitrogens is 1.